The second-order valence-corrected chi connectivity index (χ2v) is 8.24. The average Bonchev–Trinajstić information content (AvgIpc) is 3.63. The van der Waals surface area contributed by atoms with Gasteiger partial charge in [-0.05, 0) is 79.8 Å². The van der Waals surface area contributed by atoms with Crippen LogP contribution in [-0.4, -0.2) is 15.0 Å². The van der Waals surface area contributed by atoms with Gasteiger partial charge in [-0.3, -0.25) is 4.98 Å². The number of fused-ring (bicyclic) bond motifs is 1. The van der Waals surface area contributed by atoms with Gasteiger partial charge in [0, 0.05) is 23.2 Å². The first kappa shape index (κ1) is 18.2. The molecule has 1 aromatic carbocycles. The third kappa shape index (κ3) is 3.17. The number of H-pyrrole nitrogens is 2. The fourth-order valence-corrected chi connectivity index (χ4v) is 4.43. The van der Waals surface area contributed by atoms with Crippen LogP contribution in [0.25, 0.3) is 27.7 Å². The topological polar surface area (TPSA) is 96.8 Å². The predicted molar refractivity (Wildman–Crippen MR) is 114 cm³/mol. The van der Waals surface area contributed by atoms with E-state index in [1.54, 1.807) is 0 Å². The molecule has 0 saturated heterocycles. The SMILES string of the molecule is CC/C(=C(/C)ON)c1cc(-c2c(C3CC3)ccnc2C2CC2)c2[nH]c(=O)[nH]c2c1. The van der Waals surface area contributed by atoms with Crippen molar-refractivity contribution in [2.24, 2.45) is 5.90 Å². The summed E-state index contributed by atoms with van der Waals surface area (Å²) in [5.41, 5.74) is 8.27. The molecule has 29 heavy (non-hydrogen) atoms. The van der Waals surface area contributed by atoms with Gasteiger partial charge in [-0.15, -0.1) is 0 Å². The van der Waals surface area contributed by atoms with E-state index < -0.39 is 0 Å². The van der Waals surface area contributed by atoms with Gasteiger partial charge in [-0.1, -0.05) is 6.92 Å². The third-order valence-electron chi connectivity index (χ3n) is 6.19. The van der Waals surface area contributed by atoms with E-state index in [1.165, 1.54) is 42.5 Å². The zero-order valence-electron chi connectivity index (χ0n) is 16.8. The lowest BCUT2D eigenvalue weighted by molar-refractivity contribution is 0.224. The Morgan fingerprint density at radius 1 is 1.21 bits per heavy atom. The second-order valence-electron chi connectivity index (χ2n) is 8.24. The molecule has 2 aromatic heterocycles. The maximum absolute atomic E-state index is 12.2. The molecule has 2 aliphatic rings. The van der Waals surface area contributed by atoms with Gasteiger partial charge in [-0.2, -0.15) is 5.90 Å². The number of pyridine rings is 1. The summed E-state index contributed by atoms with van der Waals surface area (Å²) < 4.78 is 0. The van der Waals surface area contributed by atoms with Crippen LogP contribution in [0.5, 0.6) is 0 Å². The van der Waals surface area contributed by atoms with Gasteiger partial charge in [0.1, 0.15) is 5.76 Å². The van der Waals surface area contributed by atoms with Crippen LogP contribution in [0.15, 0.2) is 34.9 Å². The monoisotopic (exact) mass is 390 g/mol. The molecule has 0 atom stereocenters. The van der Waals surface area contributed by atoms with Crippen LogP contribution in [0.1, 0.15) is 74.6 Å². The molecule has 5 rings (SSSR count). The van der Waals surface area contributed by atoms with Crippen LogP contribution in [0.4, 0.5) is 0 Å². The van der Waals surface area contributed by atoms with Crippen molar-refractivity contribution in [3.8, 4) is 11.1 Å². The molecule has 6 nitrogen and oxygen atoms in total. The van der Waals surface area contributed by atoms with Crippen molar-refractivity contribution >= 4 is 16.6 Å². The summed E-state index contributed by atoms with van der Waals surface area (Å²) in [6, 6.07) is 6.33. The highest BCUT2D eigenvalue weighted by Crippen LogP contribution is 2.51. The Balaban J connectivity index is 1.83. The standard InChI is InChI=1S/C23H26N4O2/c1-3-16(12(2)29-24)15-10-18(22-19(11-15)26-23(28)27-22)20-17(13-4-5-13)8-9-25-21(20)14-6-7-14/h8-11,13-14H,3-7,24H2,1-2H3,(H2,26,27,28)/b16-12+. The number of nitrogens with two attached hydrogens (primary N) is 1. The number of allylic oxidation sites excluding steroid dienone is 2. The molecule has 3 aromatic rings. The van der Waals surface area contributed by atoms with Gasteiger partial charge in [0.15, 0.2) is 0 Å². The molecule has 0 amide bonds. The Morgan fingerprint density at radius 2 is 1.97 bits per heavy atom. The molecule has 0 bridgehead atoms. The van der Waals surface area contributed by atoms with Crippen molar-refractivity contribution in [1.82, 2.24) is 15.0 Å². The van der Waals surface area contributed by atoms with Crippen LogP contribution >= 0.6 is 0 Å². The number of aromatic amines is 2. The number of rotatable bonds is 6. The molecule has 0 unspecified atom stereocenters. The van der Waals surface area contributed by atoms with Crippen LogP contribution in [0.2, 0.25) is 0 Å². The number of nitrogens with one attached hydrogen (secondary N) is 2. The molecule has 2 heterocycles. The quantitative estimate of drug-likeness (QED) is 0.420. The first-order chi connectivity index (χ1) is 14.1. The minimum atomic E-state index is -0.197. The normalized spacial score (nSPS) is 17.5. The summed E-state index contributed by atoms with van der Waals surface area (Å²) in [5, 5.41) is 0. The van der Waals surface area contributed by atoms with E-state index >= 15 is 0 Å². The van der Waals surface area contributed by atoms with Crippen LogP contribution in [-0.2, 0) is 4.84 Å². The first-order valence-electron chi connectivity index (χ1n) is 10.4. The minimum absolute atomic E-state index is 0.197. The molecule has 2 fully saturated rings. The van der Waals surface area contributed by atoms with E-state index in [1.807, 2.05) is 19.2 Å². The van der Waals surface area contributed by atoms with E-state index in [0.29, 0.717) is 17.6 Å². The minimum Gasteiger partial charge on any atom is -0.416 e. The molecule has 2 aliphatic carbocycles. The van der Waals surface area contributed by atoms with Crippen molar-refractivity contribution in [2.75, 3.05) is 0 Å². The Kier molecular flexibility index (Phi) is 4.32. The van der Waals surface area contributed by atoms with Gasteiger partial charge in [-0.25, -0.2) is 4.79 Å². The number of imidazole rings is 1. The molecule has 150 valence electrons. The maximum Gasteiger partial charge on any atom is 0.323 e. The van der Waals surface area contributed by atoms with Crippen LogP contribution in [0.3, 0.4) is 0 Å². The summed E-state index contributed by atoms with van der Waals surface area (Å²) >= 11 is 0. The number of hydrogen-bond acceptors (Lipinski definition) is 4. The summed E-state index contributed by atoms with van der Waals surface area (Å²) in [4.78, 5) is 28.0. The number of hydrogen-bond donors (Lipinski definition) is 3. The van der Waals surface area contributed by atoms with Gasteiger partial charge >= 0.3 is 5.69 Å². The lowest BCUT2D eigenvalue weighted by atomic mass is 9.90. The van der Waals surface area contributed by atoms with Crippen molar-refractivity contribution in [1.29, 1.82) is 0 Å². The van der Waals surface area contributed by atoms with Gasteiger partial charge in [0.2, 0.25) is 0 Å². The lowest BCUT2D eigenvalue weighted by Crippen LogP contribution is -2.02. The van der Waals surface area contributed by atoms with Gasteiger partial charge in [0.25, 0.3) is 0 Å². The largest absolute Gasteiger partial charge is 0.416 e. The highest BCUT2D eigenvalue weighted by Gasteiger charge is 2.34. The summed E-state index contributed by atoms with van der Waals surface area (Å²) in [6.45, 7) is 3.95. The summed E-state index contributed by atoms with van der Waals surface area (Å²) in [7, 11) is 0. The van der Waals surface area contributed by atoms with Gasteiger partial charge in [0.05, 0.1) is 16.7 Å². The van der Waals surface area contributed by atoms with Crippen molar-refractivity contribution in [3.05, 3.63) is 57.5 Å². The Hall–Kier alpha value is -2.86. The molecular weight excluding hydrogens is 364 g/mol. The van der Waals surface area contributed by atoms with Crippen molar-refractivity contribution in [3.63, 3.8) is 0 Å². The smallest absolute Gasteiger partial charge is 0.323 e. The lowest BCUT2D eigenvalue weighted by Gasteiger charge is -2.17. The number of aromatic nitrogens is 3. The first-order valence-corrected chi connectivity index (χ1v) is 10.4. The second kappa shape index (κ2) is 6.88. The zero-order valence-corrected chi connectivity index (χ0v) is 16.8. The fraction of sp³-hybridized carbons (Fsp3) is 0.391. The predicted octanol–water partition coefficient (Wildman–Crippen LogP) is 4.70. The molecule has 2 saturated carbocycles. The maximum atomic E-state index is 12.2. The van der Waals surface area contributed by atoms with Crippen molar-refractivity contribution < 1.29 is 4.84 Å². The zero-order chi connectivity index (χ0) is 20.1. The van der Waals surface area contributed by atoms with E-state index in [4.69, 9.17) is 15.7 Å². The summed E-state index contributed by atoms with van der Waals surface area (Å²) in [6.07, 6.45) is 7.53. The molecule has 4 N–H and O–H groups in total. The summed E-state index contributed by atoms with van der Waals surface area (Å²) in [5.74, 6) is 7.26. The number of benzene rings is 1. The van der Waals surface area contributed by atoms with E-state index in [9.17, 15) is 4.79 Å². The Morgan fingerprint density at radius 3 is 2.62 bits per heavy atom. The van der Waals surface area contributed by atoms with E-state index in [-0.39, 0.29) is 5.69 Å². The highest BCUT2D eigenvalue weighted by molar-refractivity contribution is 5.96. The Bertz CT molecular complexity index is 1150. The fourth-order valence-electron chi connectivity index (χ4n) is 4.43. The van der Waals surface area contributed by atoms with E-state index in [2.05, 4.69) is 29.0 Å². The molecule has 6 heteroatoms. The van der Waals surface area contributed by atoms with Crippen LogP contribution < -0.4 is 11.6 Å². The molecular formula is C23H26N4O2. The van der Waals surface area contributed by atoms with E-state index in [0.717, 1.165) is 34.2 Å². The van der Waals surface area contributed by atoms with Crippen molar-refractivity contribution in [2.45, 2.75) is 57.8 Å². The average molecular weight is 390 g/mol. The highest BCUT2D eigenvalue weighted by atomic mass is 16.6. The molecule has 0 spiro atoms. The third-order valence-corrected chi connectivity index (χ3v) is 6.19. The van der Waals surface area contributed by atoms with Gasteiger partial charge < -0.3 is 14.8 Å². The number of nitrogens with zero attached hydrogens (tertiary/aromatic N) is 1. The molecule has 0 aliphatic heterocycles. The molecule has 0 radical (unpaired) electrons. The Labute approximate surface area is 169 Å². The van der Waals surface area contributed by atoms with Crippen LogP contribution in [0, 0.1) is 0 Å².